The number of methoxy groups -OCH3 is 1. The van der Waals surface area contributed by atoms with Crippen molar-refractivity contribution in [3.63, 3.8) is 0 Å². The summed E-state index contributed by atoms with van der Waals surface area (Å²) in [5.74, 6) is -0.430. The maximum Gasteiger partial charge on any atom is 0.471 e. The number of halogens is 3. The third-order valence-electron chi connectivity index (χ3n) is 7.13. The van der Waals surface area contributed by atoms with Gasteiger partial charge in [-0.25, -0.2) is 4.98 Å². The zero-order chi connectivity index (χ0) is 24.5. The molecule has 0 spiro atoms. The van der Waals surface area contributed by atoms with Crippen LogP contribution in [0.2, 0.25) is 0 Å². The van der Waals surface area contributed by atoms with Gasteiger partial charge in [-0.2, -0.15) is 13.2 Å². The van der Waals surface area contributed by atoms with Gasteiger partial charge in [0.15, 0.2) is 0 Å². The number of aromatic nitrogens is 2. The first kappa shape index (κ1) is 24.3. The minimum absolute atomic E-state index is 0.0556. The maximum atomic E-state index is 12.9. The summed E-state index contributed by atoms with van der Waals surface area (Å²) in [5.41, 5.74) is 3.71. The lowest BCUT2D eigenvalue weighted by atomic mass is 9.92. The van der Waals surface area contributed by atoms with Crippen molar-refractivity contribution in [3.05, 3.63) is 23.3 Å². The van der Waals surface area contributed by atoms with E-state index in [1.165, 1.54) is 7.11 Å². The number of nitrogens with zero attached hydrogens (tertiary/aromatic N) is 4. The van der Waals surface area contributed by atoms with Crippen molar-refractivity contribution in [2.24, 2.45) is 13.0 Å². The Morgan fingerprint density at radius 2 is 1.74 bits per heavy atom. The highest BCUT2D eigenvalue weighted by atomic mass is 19.4. The summed E-state index contributed by atoms with van der Waals surface area (Å²) in [5, 5.41) is 0. The standard InChI is InChI=1S/C24H31F3N4O3/c1-29-20-15-18-9-13-30(22(33)24(25,26)27)12-8-17(18)14-19(20)28-23(29)31-10-6-16(7-11-31)4-3-5-21(32)34-2/h14-16H,3-13H2,1-2H3. The third-order valence-corrected chi connectivity index (χ3v) is 7.13. The molecule has 2 aliphatic rings. The van der Waals surface area contributed by atoms with Crippen LogP contribution in [0.15, 0.2) is 12.1 Å². The van der Waals surface area contributed by atoms with Crippen LogP contribution in [0.25, 0.3) is 11.0 Å². The van der Waals surface area contributed by atoms with Gasteiger partial charge in [0, 0.05) is 39.6 Å². The number of anilines is 1. The highest BCUT2D eigenvalue weighted by Gasteiger charge is 2.42. The van der Waals surface area contributed by atoms with Gasteiger partial charge in [0.2, 0.25) is 5.95 Å². The second-order valence-corrected chi connectivity index (χ2v) is 9.27. The van der Waals surface area contributed by atoms with Crippen molar-refractivity contribution in [1.82, 2.24) is 14.5 Å². The number of hydrogen-bond acceptors (Lipinski definition) is 5. The monoisotopic (exact) mass is 480 g/mol. The number of piperidine rings is 1. The highest BCUT2D eigenvalue weighted by Crippen LogP contribution is 2.31. The topological polar surface area (TPSA) is 67.7 Å². The summed E-state index contributed by atoms with van der Waals surface area (Å²) >= 11 is 0. The zero-order valence-electron chi connectivity index (χ0n) is 19.7. The van der Waals surface area contributed by atoms with Gasteiger partial charge in [-0.05, 0) is 67.7 Å². The van der Waals surface area contributed by atoms with Crippen molar-refractivity contribution in [2.75, 3.05) is 38.2 Å². The van der Waals surface area contributed by atoms with Crippen molar-refractivity contribution in [2.45, 2.75) is 51.1 Å². The fourth-order valence-electron chi connectivity index (χ4n) is 5.12. The van der Waals surface area contributed by atoms with Gasteiger partial charge in [-0.3, -0.25) is 9.59 Å². The van der Waals surface area contributed by atoms with Crippen molar-refractivity contribution < 1.29 is 27.5 Å². The third kappa shape index (κ3) is 5.15. The first-order valence-corrected chi connectivity index (χ1v) is 11.8. The molecule has 1 amide bonds. The van der Waals surface area contributed by atoms with Crippen LogP contribution >= 0.6 is 0 Å². The summed E-state index contributed by atoms with van der Waals surface area (Å²) in [7, 11) is 3.38. The van der Waals surface area contributed by atoms with Crippen molar-refractivity contribution in [1.29, 1.82) is 0 Å². The van der Waals surface area contributed by atoms with Crippen LogP contribution in [0, 0.1) is 5.92 Å². The molecule has 0 bridgehead atoms. The Hall–Kier alpha value is -2.78. The van der Waals surface area contributed by atoms with Gasteiger partial charge in [0.25, 0.3) is 0 Å². The summed E-state index contributed by atoms with van der Waals surface area (Å²) in [6, 6.07) is 3.98. The van der Waals surface area contributed by atoms with E-state index in [0.29, 0.717) is 25.2 Å². The Morgan fingerprint density at radius 1 is 1.09 bits per heavy atom. The van der Waals surface area contributed by atoms with Crippen LogP contribution in [-0.2, 0) is 34.2 Å². The van der Waals surface area contributed by atoms with Crippen LogP contribution in [0.5, 0.6) is 0 Å². The molecule has 0 radical (unpaired) electrons. The largest absolute Gasteiger partial charge is 0.471 e. The summed E-state index contributed by atoms with van der Waals surface area (Å²) < 4.78 is 45.3. The number of alkyl halides is 3. The zero-order valence-corrected chi connectivity index (χ0v) is 19.7. The number of benzene rings is 1. The van der Waals surface area contributed by atoms with Crippen LogP contribution < -0.4 is 4.90 Å². The van der Waals surface area contributed by atoms with Gasteiger partial charge in [0.05, 0.1) is 18.1 Å². The second-order valence-electron chi connectivity index (χ2n) is 9.27. The fraction of sp³-hybridized carbons (Fsp3) is 0.625. The molecule has 3 heterocycles. The lowest BCUT2D eigenvalue weighted by molar-refractivity contribution is -0.185. The maximum absolute atomic E-state index is 12.9. The SMILES string of the molecule is COC(=O)CCCC1CCN(c2nc3cc4c(cc3n2C)CCN(C(=O)C(F)(F)F)CC4)CC1. The number of rotatable bonds is 5. The fourth-order valence-corrected chi connectivity index (χ4v) is 5.12. The van der Waals surface area contributed by atoms with Crippen LogP contribution in [0.4, 0.5) is 19.1 Å². The number of imidazole rings is 1. The van der Waals surface area contributed by atoms with E-state index >= 15 is 0 Å². The number of esters is 1. The number of ether oxygens (including phenoxy) is 1. The predicted molar refractivity (Wildman–Crippen MR) is 122 cm³/mol. The minimum atomic E-state index is -4.84. The van der Waals surface area contributed by atoms with E-state index in [9.17, 15) is 22.8 Å². The summed E-state index contributed by atoms with van der Waals surface area (Å²) in [4.78, 5) is 31.0. The van der Waals surface area contributed by atoms with E-state index in [-0.39, 0.29) is 19.1 Å². The number of amides is 1. The molecule has 0 aliphatic carbocycles. The molecule has 0 atom stereocenters. The van der Waals surface area contributed by atoms with E-state index in [2.05, 4.69) is 9.47 Å². The van der Waals surface area contributed by atoms with E-state index in [0.717, 1.165) is 71.8 Å². The lowest BCUT2D eigenvalue weighted by Crippen LogP contribution is -2.42. The van der Waals surface area contributed by atoms with Gasteiger partial charge in [-0.15, -0.1) is 0 Å². The molecule has 1 aromatic carbocycles. The predicted octanol–water partition coefficient (Wildman–Crippen LogP) is 3.62. The summed E-state index contributed by atoms with van der Waals surface area (Å²) in [6.45, 7) is 1.91. The lowest BCUT2D eigenvalue weighted by Gasteiger charge is -2.32. The molecule has 0 saturated carbocycles. The van der Waals surface area contributed by atoms with E-state index in [1.54, 1.807) is 0 Å². The van der Waals surface area contributed by atoms with Crippen LogP contribution in [0.1, 0.15) is 43.2 Å². The first-order chi connectivity index (χ1) is 16.2. The Kier molecular flexibility index (Phi) is 7.04. The molecular weight excluding hydrogens is 449 g/mol. The molecule has 4 rings (SSSR count). The number of aryl methyl sites for hydroxylation is 1. The molecule has 2 aliphatic heterocycles. The normalized spacial score (nSPS) is 17.6. The molecule has 1 fully saturated rings. The quantitative estimate of drug-likeness (QED) is 0.612. The van der Waals surface area contributed by atoms with E-state index in [1.807, 2.05) is 19.2 Å². The molecule has 10 heteroatoms. The van der Waals surface area contributed by atoms with Crippen molar-refractivity contribution in [3.8, 4) is 0 Å². The number of carbonyl (C=O) groups excluding carboxylic acids is 2. The Bertz CT molecular complexity index is 1060. The average molecular weight is 481 g/mol. The first-order valence-electron chi connectivity index (χ1n) is 11.8. The molecule has 186 valence electrons. The average Bonchev–Trinajstić information content (AvgIpc) is 2.99. The van der Waals surface area contributed by atoms with E-state index < -0.39 is 12.1 Å². The minimum Gasteiger partial charge on any atom is -0.469 e. The van der Waals surface area contributed by atoms with Gasteiger partial charge < -0.3 is 19.1 Å². The Balaban J connectivity index is 1.42. The number of hydrogen-bond donors (Lipinski definition) is 0. The highest BCUT2D eigenvalue weighted by molar-refractivity contribution is 5.83. The number of carbonyl (C=O) groups is 2. The number of fused-ring (bicyclic) bond motifs is 2. The molecule has 0 N–H and O–H groups in total. The second kappa shape index (κ2) is 9.84. The van der Waals surface area contributed by atoms with Gasteiger partial charge in [0.1, 0.15) is 0 Å². The molecule has 34 heavy (non-hydrogen) atoms. The van der Waals surface area contributed by atoms with E-state index in [4.69, 9.17) is 9.72 Å². The molecule has 1 aromatic heterocycles. The molecule has 7 nitrogen and oxygen atoms in total. The van der Waals surface area contributed by atoms with Gasteiger partial charge in [-0.1, -0.05) is 0 Å². The Labute approximate surface area is 196 Å². The summed E-state index contributed by atoms with van der Waals surface area (Å²) in [6.07, 6.45) is 0.364. The molecule has 0 unspecified atom stereocenters. The van der Waals surface area contributed by atoms with Crippen LogP contribution in [-0.4, -0.2) is 65.8 Å². The smallest absolute Gasteiger partial charge is 0.469 e. The van der Waals surface area contributed by atoms with Gasteiger partial charge >= 0.3 is 18.1 Å². The molecule has 2 aromatic rings. The Morgan fingerprint density at radius 3 is 2.35 bits per heavy atom. The van der Waals surface area contributed by atoms with Crippen molar-refractivity contribution >= 4 is 28.9 Å². The van der Waals surface area contributed by atoms with Crippen LogP contribution in [0.3, 0.4) is 0 Å². The molecule has 1 saturated heterocycles. The molecular formula is C24H31F3N4O3.